The van der Waals surface area contributed by atoms with E-state index in [1.54, 1.807) is 0 Å². The van der Waals surface area contributed by atoms with Crippen molar-refractivity contribution in [2.75, 3.05) is 12.3 Å². The number of fused-ring (bicyclic) bond motifs is 1. The Balaban J connectivity index is 1.67. The summed E-state index contributed by atoms with van der Waals surface area (Å²) in [6.07, 6.45) is -2.19. The highest BCUT2D eigenvalue weighted by molar-refractivity contribution is 7.66. The van der Waals surface area contributed by atoms with Gasteiger partial charge in [-0.1, -0.05) is 0 Å². The molecule has 2 aromatic rings. The quantitative estimate of drug-likeness (QED) is 0.218. The van der Waals surface area contributed by atoms with Gasteiger partial charge in [0.15, 0.2) is 5.52 Å². The average molecular weight is 506 g/mol. The number of rotatable bonds is 8. The van der Waals surface area contributed by atoms with Gasteiger partial charge in [0.2, 0.25) is 5.43 Å². The summed E-state index contributed by atoms with van der Waals surface area (Å²) in [5.41, 5.74) is 5.42. The third-order valence-electron chi connectivity index (χ3n) is 3.91. The van der Waals surface area contributed by atoms with Crippen LogP contribution in [0.25, 0.3) is 11.2 Å². The van der Waals surface area contributed by atoms with Crippen molar-refractivity contribution >= 4 is 40.4 Å². The lowest BCUT2D eigenvalue weighted by Crippen LogP contribution is -2.26. The highest BCUT2D eigenvalue weighted by Crippen LogP contribution is 2.66. The molecule has 3 rings (SSSR count). The fourth-order valence-electron chi connectivity index (χ4n) is 2.77. The zero-order valence-corrected chi connectivity index (χ0v) is 17.8. The SMILES string of the molecule is Nc1cc(=O)c2ncn([C@H]3C[C@H](O)[C@@H](COP(=O)(O)OP(=O)(O)OP(=O)(O)O)O3)c2[nH]1. The molecule has 0 amide bonds. The molecule has 2 aromatic heterocycles. The van der Waals surface area contributed by atoms with Crippen molar-refractivity contribution in [2.24, 2.45) is 0 Å². The minimum Gasteiger partial charge on any atom is -0.390 e. The molecule has 1 aliphatic rings. The van der Waals surface area contributed by atoms with Crippen molar-refractivity contribution in [3.8, 4) is 0 Å². The minimum absolute atomic E-state index is 0.0574. The molecular weight excluding hydrogens is 489 g/mol. The lowest BCUT2D eigenvalue weighted by molar-refractivity contribution is -0.0423. The van der Waals surface area contributed by atoms with Crippen LogP contribution in [-0.2, 0) is 31.6 Å². The van der Waals surface area contributed by atoms with Gasteiger partial charge in [0, 0.05) is 12.5 Å². The smallest absolute Gasteiger partial charge is 0.390 e. The van der Waals surface area contributed by atoms with Crippen molar-refractivity contribution in [2.45, 2.75) is 24.9 Å². The van der Waals surface area contributed by atoms with Gasteiger partial charge in [-0.25, -0.2) is 18.7 Å². The summed E-state index contributed by atoms with van der Waals surface area (Å²) in [6, 6.07) is 1.13. The van der Waals surface area contributed by atoms with E-state index in [-0.39, 0.29) is 23.4 Å². The molecule has 17 nitrogen and oxygen atoms in total. The number of aliphatic hydroxyl groups is 1. The summed E-state index contributed by atoms with van der Waals surface area (Å²) >= 11 is 0. The maximum absolute atomic E-state index is 11.9. The van der Waals surface area contributed by atoms with Gasteiger partial charge in [0.05, 0.1) is 19.0 Å². The van der Waals surface area contributed by atoms with Gasteiger partial charge in [-0.3, -0.25) is 13.9 Å². The second-order valence-electron chi connectivity index (χ2n) is 6.26. The van der Waals surface area contributed by atoms with E-state index < -0.39 is 53.9 Å². The Hall–Kier alpha value is -1.45. The number of nitrogen functional groups attached to an aromatic ring is 1. The molecule has 1 aliphatic heterocycles. The first kappa shape index (κ1) is 24.2. The Bertz CT molecular complexity index is 1170. The van der Waals surface area contributed by atoms with Crippen molar-refractivity contribution in [1.82, 2.24) is 14.5 Å². The van der Waals surface area contributed by atoms with Gasteiger partial charge in [-0.2, -0.15) is 8.62 Å². The monoisotopic (exact) mass is 506 g/mol. The predicted octanol–water partition coefficient (Wildman–Crippen LogP) is -0.702. The van der Waals surface area contributed by atoms with E-state index in [1.807, 2.05) is 0 Å². The zero-order chi connectivity index (χ0) is 23.2. The van der Waals surface area contributed by atoms with Gasteiger partial charge < -0.3 is 40.1 Å². The van der Waals surface area contributed by atoms with Gasteiger partial charge in [0.25, 0.3) is 0 Å². The summed E-state index contributed by atoms with van der Waals surface area (Å²) in [5.74, 6) is 0.0574. The number of anilines is 1. The van der Waals surface area contributed by atoms with E-state index in [0.717, 1.165) is 6.07 Å². The molecule has 31 heavy (non-hydrogen) atoms. The highest BCUT2D eigenvalue weighted by Gasteiger charge is 2.43. The molecule has 20 heteroatoms. The first-order valence-electron chi connectivity index (χ1n) is 8.13. The van der Waals surface area contributed by atoms with Crippen LogP contribution < -0.4 is 11.2 Å². The molecule has 3 heterocycles. The summed E-state index contributed by atoms with van der Waals surface area (Å²) in [4.78, 5) is 54.2. The summed E-state index contributed by atoms with van der Waals surface area (Å²) in [7, 11) is -16.5. The van der Waals surface area contributed by atoms with Gasteiger partial charge >= 0.3 is 23.5 Å². The van der Waals surface area contributed by atoms with Crippen LogP contribution in [0.2, 0.25) is 0 Å². The third kappa shape index (κ3) is 6.08. The van der Waals surface area contributed by atoms with E-state index in [1.165, 1.54) is 10.9 Å². The maximum Gasteiger partial charge on any atom is 0.490 e. The van der Waals surface area contributed by atoms with Gasteiger partial charge in [-0.05, 0) is 0 Å². The fraction of sp³-hybridized carbons (Fsp3) is 0.455. The number of aromatic nitrogens is 3. The fourth-order valence-corrected chi connectivity index (χ4v) is 5.80. The molecule has 1 saturated heterocycles. The molecule has 5 atom stereocenters. The Morgan fingerprint density at radius 1 is 1.23 bits per heavy atom. The van der Waals surface area contributed by atoms with Crippen LogP contribution in [0.5, 0.6) is 0 Å². The van der Waals surface area contributed by atoms with Crippen molar-refractivity contribution in [3.05, 3.63) is 22.6 Å². The molecule has 0 saturated carbocycles. The zero-order valence-electron chi connectivity index (χ0n) is 15.1. The number of pyridine rings is 1. The topological polar surface area (TPSA) is 266 Å². The number of phosphoric ester groups is 1. The molecule has 0 aromatic carbocycles. The summed E-state index contributed by atoms with van der Waals surface area (Å²) in [6.45, 7) is -0.827. The minimum atomic E-state index is -5.66. The number of phosphoric acid groups is 3. The Labute approximate surface area is 171 Å². The van der Waals surface area contributed by atoms with E-state index in [0.29, 0.717) is 0 Å². The lowest BCUT2D eigenvalue weighted by atomic mass is 10.2. The molecule has 0 radical (unpaired) electrons. The van der Waals surface area contributed by atoms with Crippen LogP contribution in [0, 0.1) is 0 Å². The second kappa shape index (κ2) is 8.48. The molecule has 0 spiro atoms. The number of ether oxygens (including phenoxy) is 1. The Kier molecular flexibility index (Phi) is 6.62. The molecular formula is C11H17N4O13P3. The average Bonchev–Trinajstić information content (AvgIpc) is 3.13. The Morgan fingerprint density at radius 3 is 2.55 bits per heavy atom. The van der Waals surface area contributed by atoms with Crippen LogP contribution in [0.15, 0.2) is 17.2 Å². The number of imidazole rings is 1. The van der Waals surface area contributed by atoms with Crippen LogP contribution in [0.3, 0.4) is 0 Å². The van der Waals surface area contributed by atoms with Crippen molar-refractivity contribution in [3.63, 3.8) is 0 Å². The number of nitrogens with zero attached hydrogens (tertiary/aromatic N) is 2. The first-order valence-corrected chi connectivity index (χ1v) is 12.7. The summed E-state index contributed by atoms with van der Waals surface area (Å²) < 4.78 is 52.2. The van der Waals surface area contributed by atoms with Crippen LogP contribution in [0.1, 0.15) is 12.6 Å². The molecule has 2 unspecified atom stereocenters. The first-order chi connectivity index (χ1) is 14.2. The van der Waals surface area contributed by atoms with Crippen molar-refractivity contribution in [1.29, 1.82) is 0 Å². The lowest BCUT2D eigenvalue weighted by Gasteiger charge is -2.19. The molecule has 174 valence electrons. The number of hydrogen-bond donors (Lipinski definition) is 7. The molecule has 0 aliphatic carbocycles. The third-order valence-corrected chi connectivity index (χ3v) is 7.71. The second-order valence-corrected chi connectivity index (χ2v) is 10.7. The standard InChI is InChI=1S/C11H17N4O13P3/c12-8-1-6(17)10-11(14-8)15(4-13-10)9-2-5(16)7(26-9)3-25-30(21,22)28-31(23,24)27-29(18,19)20/h1,4-5,7,9,16H,2-3H2,(H,21,22)(H,23,24)(H3,12,14,17)(H2,18,19,20)/t5-,7+,9+/m0/s1. The molecule has 8 N–H and O–H groups in total. The summed E-state index contributed by atoms with van der Waals surface area (Å²) in [5, 5.41) is 10.1. The van der Waals surface area contributed by atoms with E-state index in [9.17, 15) is 28.5 Å². The van der Waals surface area contributed by atoms with E-state index in [4.69, 9.17) is 25.2 Å². The van der Waals surface area contributed by atoms with Crippen LogP contribution in [0.4, 0.5) is 5.82 Å². The highest BCUT2D eigenvalue weighted by atomic mass is 31.3. The Morgan fingerprint density at radius 2 is 1.90 bits per heavy atom. The largest absolute Gasteiger partial charge is 0.490 e. The normalized spacial score (nSPS) is 26.0. The van der Waals surface area contributed by atoms with Crippen molar-refractivity contribution < 1.29 is 56.3 Å². The number of nitrogens with two attached hydrogens (primary N) is 1. The maximum atomic E-state index is 11.9. The number of hydrogen-bond acceptors (Lipinski definition) is 11. The van der Waals surface area contributed by atoms with Gasteiger partial charge in [0.1, 0.15) is 23.8 Å². The molecule has 1 fully saturated rings. The molecule has 0 bridgehead atoms. The van der Waals surface area contributed by atoms with Crippen LogP contribution in [-0.4, -0.2) is 58.0 Å². The number of aromatic amines is 1. The van der Waals surface area contributed by atoms with E-state index in [2.05, 4.69) is 23.1 Å². The van der Waals surface area contributed by atoms with Gasteiger partial charge in [-0.15, -0.1) is 0 Å². The van der Waals surface area contributed by atoms with Crippen LogP contribution >= 0.6 is 23.5 Å². The number of aliphatic hydroxyl groups excluding tert-OH is 1. The van der Waals surface area contributed by atoms with E-state index >= 15 is 0 Å². The number of nitrogens with one attached hydrogen (secondary N) is 1. The predicted molar refractivity (Wildman–Crippen MR) is 99.1 cm³/mol. The number of H-pyrrole nitrogens is 1.